The molecule has 2 amide bonds. The van der Waals surface area contributed by atoms with E-state index in [0.29, 0.717) is 23.6 Å². The molecule has 0 unspecified atom stereocenters. The number of para-hydroxylation sites is 1. The Bertz CT molecular complexity index is 1070. The molecule has 0 aliphatic carbocycles. The number of aromatic nitrogens is 1. The fourth-order valence-electron chi connectivity index (χ4n) is 3.75. The molecule has 0 spiro atoms. The van der Waals surface area contributed by atoms with E-state index in [4.69, 9.17) is 24.9 Å². The standard InChI is InChI=1S/C22H23N3O5S/c1-28-16-10-13(11-17(29-2)20(16)30-12-19(23)26)22(27)25-9-5-7-15(25)21-24-14-6-3-4-8-18(14)31-21/h3-4,6,8,10-11,15H,5,7,9,12H2,1-2H3,(H2,23,26)/t15-/m0/s1. The number of rotatable bonds is 7. The predicted octanol–water partition coefficient (Wildman–Crippen LogP) is 3.15. The van der Waals surface area contributed by atoms with Crippen LogP contribution in [0.2, 0.25) is 0 Å². The molecule has 1 atom stereocenters. The number of likely N-dealkylation sites (tertiary alicyclic amines) is 1. The van der Waals surface area contributed by atoms with Gasteiger partial charge in [0.1, 0.15) is 5.01 Å². The molecule has 2 heterocycles. The second-order valence-electron chi connectivity index (χ2n) is 7.14. The zero-order chi connectivity index (χ0) is 22.0. The summed E-state index contributed by atoms with van der Waals surface area (Å²) in [5, 5.41) is 0.937. The maximum absolute atomic E-state index is 13.4. The lowest BCUT2D eigenvalue weighted by Crippen LogP contribution is -2.30. The van der Waals surface area contributed by atoms with Crippen molar-refractivity contribution in [2.24, 2.45) is 5.73 Å². The maximum atomic E-state index is 13.4. The topological polar surface area (TPSA) is 104 Å². The van der Waals surface area contributed by atoms with Crippen LogP contribution in [0, 0.1) is 0 Å². The second kappa shape index (κ2) is 8.81. The normalized spacial score (nSPS) is 15.8. The number of hydrogen-bond donors (Lipinski definition) is 1. The molecule has 1 aliphatic rings. The lowest BCUT2D eigenvalue weighted by atomic mass is 10.1. The number of methoxy groups -OCH3 is 2. The molecule has 31 heavy (non-hydrogen) atoms. The second-order valence-corrected chi connectivity index (χ2v) is 8.20. The van der Waals surface area contributed by atoms with Crippen molar-refractivity contribution in [2.75, 3.05) is 27.4 Å². The number of amides is 2. The number of nitrogens with zero attached hydrogens (tertiary/aromatic N) is 2. The van der Waals surface area contributed by atoms with Crippen LogP contribution in [-0.4, -0.2) is 49.1 Å². The van der Waals surface area contributed by atoms with E-state index < -0.39 is 5.91 Å². The number of carbonyl (C=O) groups is 2. The third kappa shape index (κ3) is 4.13. The lowest BCUT2D eigenvalue weighted by molar-refractivity contribution is -0.120. The summed E-state index contributed by atoms with van der Waals surface area (Å²) < 4.78 is 17.3. The van der Waals surface area contributed by atoms with Gasteiger partial charge in [0.2, 0.25) is 5.75 Å². The van der Waals surface area contributed by atoms with Crippen LogP contribution < -0.4 is 19.9 Å². The minimum atomic E-state index is -0.625. The van der Waals surface area contributed by atoms with Crippen LogP contribution in [-0.2, 0) is 4.79 Å². The molecule has 0 radical (unpaired) electrons. The van der Waals surface area contributed by atoms with E-state index in [1.807, 2.05) is 29.2 Å². The van der Waals surface area contributed by atoms with Gasteiger partial charge in [-0.2, -0.15) is 0 Å². The summed E-state index contributed by atoms with van der Waals surface area (Å²) in [5.41, 5.74) is 6.53. The van der Waals surface area contributed by atoms with Gasteiger partial charge in [-0.25, -0.2) is 4.98 Å². The van der Waals surface area contributed by atoms with Crippen molar-refractivity contribution in [3.05, 3.63) is 47.0 Å². The number of thiazole rings is 1. The molecule has 162 valence electrons. The molecule has 4 rings (SSSR count). The Hall–Kier alpha value is -3.33. The molecule has 3 aromatic rings. The van der Waals surface area contributed by atoms with Crippen molar-refractivity contribution in [1.82, 2.24) is 9.88 Å². The van der Waals surface area contributed by atoms with Gasteiger partial charge in [0.25, 0.3) is 11.8 Å². The Kier molecular flexibility index (Phi) is 5.94. The Morgan fingerprint density at radius 2 is 1.90 bits per heavy atom. The molecule has 0 saturated carbocycles. The quantitative estimate of drug-likeness (QED) is 0.604. The number of benzene rings is 2. The number of carbonyl (C=O) groups excluding carboxylic acids is 2. The molecule has 1 aromatic heterocycles. The number of fused-ring (bicyclic) bond motifs is 1. The van der Waals surface area contributed by atoms with E-state index in [-0.39, 0.29) is 24.3 Å². The predicted molar refractivity (Wildman–Crippen MR) is 117 cm³/mol. The van der Waals surface area contributed by atoms with Crippen molar-refractivity contribution in [1.29, 1.82) is 0 Å². The highest BCUT2D eigenvalue weighted by Crippen LogP contribution is 2.41. The van der Waals surface area contributed by atoms with Crippen LogP contribution in [0.1, 0.15) is 34.2 Å². The van der Waals surface area contributed by atoms with Gasteiger partial charge < -0.3 is 24.8 Å². The van der Waals surface area contributed by atoms with Crippen LogP contribution in [0.5, 0.6) is 17.2 Å². The highest BCUT2D eigenvalue weighted by molar-refractivity contribution is 7.18. The van der Waals surface area contributed by atoms with Crippen LogP contribution in [0.15, 0.2) is 36.4 Å². The first-order valence-electron chi connectivity index (χ1n) is 9.85. The number of primary amides is 1. The highest BCUT2D eigenvalue weighted by atomic mass is 32.1. The van der Waals surface area contributed by atoms with Crippen molar-refractivity contribution in [2.45, 2.75) is 18.9 Å². The SMILES string of the molecule is COc1cc(C(=O)N2CCC[C@H]2c2nc3ccccc3s2)cc(OC)c1OCC(N)=O. The molecule has 1 aliphatic heterocycles. The van der Waals surface area contributed by atoms with Crippen molar-refractivity contribution in [3.8, 4) is 17.2 Å². The molecule has 2 aromatic carbocycles. The zero-order valence-corrected chi connectivity index (χ0v) is 18.1. The summed E-state index contributed by atoms with van der Waals surface area (Å²) in [7, 11) is 2.92. The van der Waals surface area contributed by atoms with E-state index in [9.17, 15) is 9.59 Å². The Labute approximate surface area is 183 Å². The molecule has 2 N–H and O–H groups in total. The van der Waals surface area contributed by atoms with Crippen LogP contribution >= 0.6 is 11.3 Å². The van der Waals surface area contributed by atoms with E-state index >= 15 is 0 Å². The summed E-state index contributed by atoms with van der Waals surface area (Å²) in [4.78, 5) is 31.1. The zero-order valence-electron chi connectivity index (χ0n) is 17.3. The average Bonchev–Trinajstić information content (AvgIpc) is 3.43. The Morgan fingerprint density at radius 1 is 1.19 bits per heavy atom. The lowest BCUT2D eigenvalue weighted by Gasteiger charge is -2.24. The number of nitrogens with two attached hydrogens (primary N) is 1. The van der Waals surface area contributed by atoms with Gasteiger partial charge in [-0.15, -0.1) is 11.3 Å². The fourth-order valence-corrected chi connectivity index (χ4v) is 4.87. The molecule has 0 bridgehead atoms. The molecule has 1 saturated heterocycles. The van der Waals surface area contributed by atoms with E-state index in [0.717, 1.165) is 28.1 Å². The molecular weight excluding hydrogens is 418 g/mol. The Morgan fingerprint density at radius 3 is 2.55 bits per heavy atom. The highest BCUT2D eigenvalue weighted by Gasteiger charge is 2.33. The van der Waals surface area contributed by atoms with E-state index in [2.05, 4.69) is 0 Å². The minimum absolute atomic E-state index is 0.0762. The van der Waals surface area contributed by atoms with Gasteiger partial charge in [-0.3, -0.25) is 9.59 Å². The van der Waals surface area contributed by atoms with Gasteiger partial charge >= 0.3 is 0 Å². The monoisotopic (exact) mass is 441 g/mol. The minimum Gasteiger partial charge on any atom is -0.493 e. The first kappa shape index (κ1) is 20.9. The van der Waals surface area contributed by atoms with E-state index in [1.165, 1.54) is 14.2 Å². The van der Waals surface area contributed by atoms with E-state index in [1.54, 1.807) is 23.5 Å². The van der Waals surface area contributed by atoms with Gasteiger partial charge in [0, 0.05) is 12.1 Å². The van der Waals surface area contributed by atoms with Gasteiger partial charge in [0.05, 0.1) is 30.5 Å². The van der Waals surface area contributed by atoms with Gasteiger partial charge in [0.15, 0.2) is 18.1 Å². The summed E-state index contributed by atoms with van der Waals surface area (Å²) in [5.74, 6) is 0.0451. The fraction of sp³-hybridized carbons (Fsp3) is 0.318. The summed E-state index contributed by atoms with van der Waals surface area (Å²) in [6.07, 6.45) is 1.76. The maximum Gasteiger partial charge on any atom is 0.255 e. The van der Waals surface area contributed by atoms with Crippen molar-refractivity contribution < 1.29 is 23.8 Å². The smallest absolute Gasteiger partial charge is 0.255 e. The van der Waals surface area contributed by atoms with Gasteiger partial charge in [-0.05, 0) is 37.1 Å². The third-order valence-electron chi connectivity index (χ3n) is 5.18. The summed E-state index contributed by atoms with van der Waals surface area (Å²) >= 11 is 1.62. The largest absolute Gasteiger partial charge is 0.493 e. The first-order chi connectivity index (χ1) is 15.0. The first-order valence-corrected chi connectivity index (χ1v) is 10.7. The average molecular weight is 442 g/mol. The van der Waals surface area contributed by atoms with Crippen molar-refractivity contribution >= 4 is 33.4 Å². The molecular formula is C22H23N3O5S. The van der Waals surface area contributed by atoms with Crippen LogP contribution in [0.25, 0.3) is 10.2 Å². The Balaban J connectivity index is 1.65. The van der Waals surface area contributed by atoms with Crippen LogP contribution in [0.3, 0.4) is 0 Å². The van der Waals surface area contributed by atoms with Gasteiger partial charge in [-0.1, -0.05) is 12.1 Å². The molecule has 1 fully saturated rings. The number of ether oxygens (including phenoxy) is 3. The molecule has 8 nitrogen and oxygen atoms in total. The van der Waals surface area contributed by atoms with Crippen LogP contribution in [0.4, 0.5) is 0 Å². The summed E-state index contributed by atoms with van der Waals surface area (Å²) in [6.45, 7) is 0.315. The van der Waals surface area contributed by atoms with Crippen molar-refractivity contribution in [3.63, 3.8) is 0 Å². The third-order valence-corrected chi connectivity index (χ3v) is 6.31. The summed E-state index contributed by atoms with van der Waals surface area (Å²) in [6, 6.07) is 11.1. The molecule has 9 heteroatoms. The number of hydrogen-bond acceptors (Lipinski definition) is 7.